The molecule has 0 radical (unpaired) electrons. The van der Waals surface area contributed by atoms with E-state index in [1.165, 1.54) is 25.0 Å². The summed E-state index contributed by atoms with van der Waals surface area (Å²) in [7, 11) is 0. The van der Waals surface area contributed by atoms with Gasteiger partial charge >= 0.3 is 0 Å². The lowest BCUT2D eigenvalue weighted by Gasteiger charge is -2.12. The van der Waals surface area contributed by atoms with Crippen molar-refractivity contribution in [1.82, 2.24) is 5.32 Å². The summed E-state index contributed by atoms with van der Waals surface area (Å²) in [6, 6.07) is 5.20. The zero-order chi connectivity index (χ0) is 11.5. The Kier molecular flexibility index (Phi) is 3.82. The van der Waals surface area contributed by atoms with Crippen LogP contribution in [0.1, 0.15) is 25.3 Å². The van der Waals surface area contributed by atoms with Crippen molar-refractivity contribution in [3.05, 3.63) is 34.6 Å². The summed E-state index contributed by atoms with van der Waals surface area (Å²) in [6.07, 6.45) is 3.56. The van der Waals surface area contributed by atoms with Gasteiger partial charge < -0.3 is 5.32 Å². The lowest BCUT2D eigenvalue weighted by molar-refractivity contribution is 0.500. The van der Waals surface area contributed by atoms with Crippen molar-refractivity contribution in [1.29, 1.82) is 0 Å². The molecule has 1 aliphatic carbocycles. The van der Waals surface area contributed by atoms with Gasteiger partial charge in [-0.15, -0.1) is 0 Å². The molecule has 1 aromatic rings. The van der Waals surface area contributed by atoms with Gasteiger partial charge in [0.05, 0.1) is 0 Å². The molecule has 0 aromatic heterocycles. The largest absolute Gasteiger partial charge is 0.314 e. The molecule has 1 nitrogen and oxygen atoms in total. The first kappa shape index (κ1) is 11.9. The summed E-state index contributed by atoms with van der Waals surface area (Å²) in [5, 5.41) is 4.01. The van der Waals surface area contributed by atoms with Crippen molar-refractivity contribution in [2.75, 3.05) is 6.54 Å². The molecule has 1 atom stereocenters. The van der Waals surface area contributed by atoms with Gasteiger partial charge in [-0.3, -0.25) is 0 Å². The van der Waals surface area contributed by atoms with Crippen LogP contribution in [0.3, 0.4) is 0 Å². The Morgan fingerprint density at radius 3 is 2.88 bits per heavy atom. The lowest BCUT2D eigenvalue weighted by Crippen LogP contribution is -2.29. The number of rotatable bonds is 5. The summed E-state index contributed by atoms with van der Waals surface area (Å²) in [5.41, 5.74) is 1.01. The number of benzene rings is 1. The van der Waals surface area contributed by atoms with Gasteiger partial charge in [0.1, 0.15) is 5.82 Å². The third-order valence-corrected chi connectivity index (χ3v) is 3.56. The Morgan fingerprint density at radius 2 is 2.25 bits per heavy atom. The second kappa shape index (κ2) is 5.15. The fourth-order valence-corrected chi connectivity index (χ4v) is 2.18. The topological polar surface area (TPSA) is 12.0 Å². The van der Waals surface area contributed by atoms with Crippen molar-refractivity contribution >= 4 is 11.6 Å². The van der Waals surface area contributed by atoms with E-state index in [-0.39, 0.29) is 5.82 Å². The third kappa shape index (κ3) is 3.19. The first-order chi connectivity index (χ1) is 7.66. The van der Waals surface area contributed by atoms with Crippen LogP contribution < -0.4 is 5.32 Å². The molecule has 16 heavy (non-hydrogen) atoms. The Morgan fingerprint density at radius 1 is 1.50 bits per heavy atom. The van der Waals surface area contributed by atoms with Crippen molar-refractivity contribution in [2.24, 2.45) is 5.92 Å². The fourth-order valence-electron chi connectivity index (χ4n) is 1.92. The predicted octanol–water partition coefficient (Wildman–Crippen LogP) is 3.41. The average molecular weight is 242 g/mol. The maximum absolute atomic E-state index is 12.8. The van der Waals surface area contributed by atoms with Crippen LogP contribution in [0.25, 0.3) is 0 Å². The van der Waals surface area contributed by atoms with Crippen LogP contribution in [0.15, 0.2) is 18.2 Å². The van der Waals surface area contributed by atoms with Gasteiger partial charge in [-0.25, -0.2) is 4.39 Å². The highest BCUT2D eigenvalue weighted by Crippen LogP contribution is 2.32. The minimum absolute atomic E-state index is 0.270. The molecule has 0 spiro atoms. The lowest BCUT2D eigenvalue weighted by atomic mass is 10.1. The molecule has 1 aromatic carbocycles. The standard InChI is InChI=1S/C13H17ClFN/c1-9(10-2-3-10)16-7-6-11-4-5-12(15)8-13(11)14/h4-5,8-10,16H,2-3,6-7H2,1H3. The summed E-state index contributed by atoms with van der Waals surface area (Å²) in [5.74, 6) is 0.594. The van der Waals surface area contributed by atoms with Gasteiger partial charge in [0, 0.05) is 11.1 Å². The maximum atomic E-state index is 12.8. The minimum Gasteiger partial charge on any atom is -0.314 e. The Hall–Kier alpha value is -0.600. The first-order valence-corrected chi connectivity index (χ1v) is 6.22. The quantitative estimate of drug-likeness (QED) is 0.833. The van der Waals surface area contributed by atoms with Gasteiger partial charge in [-0.05, 0) is 56.3 Å². The van der Waals surface area contributed by atoms with Crippen molar-refractivity contribution in [3.63, 3.8) is 0 Å². The van der Waals surface area contributed by atoms with Crippen molar-refractivity contribution in [2.45, 2.75) is 32.2 Å². The Labute approximate surface area is 101 Å². The molecule has 1 N–H and O–H groups in total. The highest BCUT2D eigenvalue weighted by atomic mass is 35.5. The number of hydrogen-bond acceptors (Lipinski definition) is 1. The Balaban J connectivity index is 1.80. The number of nitrogens with one attached hydrogen (secondary N) is 1. The molecule has 2 rings (SSSR count). The van der Waals surface area contributed by atoms with E-state index in [2.05, 4.69) is 12.2 Å². The molecular weight excluding hydrogens is 225 g/mol. The van der Waals surface area contributed by atoms with E-state index in [1.807, 2.05) is 0 Å². The van der Waals surface area contributed by atoms with E-state index >= 15 is 0 Å². The van der Waals surface area contributed by atoms with Crippen LogP contribution in [0.5, 0.6) is 0 Å². The molecular formula is C13H17ClFN. The van der Waals surface area contributed by atoms with Gasteiger partial charge in [0.2, 0.25) is 0 Å². The molecule has 1 fully saturated rings. The van der Waals surface area contributed by atoms with Crippen LogP contribution in [0.2, 0.25) is 5.02 Å². The van der Waals surface area contributed by atoms with E-state index in [0.717, 1.165) is 24.4 Å². The number of halogens is 2. The summed E-state index contributed by atoms with van der Waals surface area (Å²) < 4.78 is 12.8. The normalized spacial score (nSPS) is 17.4. The van der Waals surface area contributed by atoms with E-state index < -0.39 is 0 Å². The van der Waals surface area contributed by atoms with Gasteiger partial charge in [-0.1, -0.05) is 17.7 Å². The van der Waals surface area contributed by atoms with E-state index in [9.17, 15) is 4.39 Å². The predicted molar refractivity (Wildman–Crippen MR) is 65.3 cm³/mol. The van der Waals surface area contributed by atoms with Crippen LogP contribution in [0.4, 0.5) is 4.39 Å². The third-order valence-electron chi connectivity index (χ3n) is 3.20. The minimum atomic E-state index is -0.270. The van der Waals surface area contributed by atoms with E-state index in [0.29, 0.717) is 11.1 Å². The second-order valence-electron chi connectivity index (χ2n) is 4.57. The average Bonchev–Trinajstić information content (AvgIpc) is 3.04. The maximum Gasteiger partial charge on any atom is 0.124 e. The Bertz CT molecular complexity index is 363. The fraction of sp³-hybridized carbons (Fsp3) is 0.538. The van der Waals surface area contributed by atoms with Crippen molar-refractivity contribution < 1.29 is 4.39 Å². The molecule has 1 unspecified atom stereocenters. The van der Waals surface area contributed by atoms with E-state index in [4.69, 9.17) is 11.6 Å². The van der Waals surface area contributed by atoms with Crippen LogP contribution >= 0.6 is 11.6 Å². The molecule has 0 bridgehead atoms. The molecule has 3 heteroatoms. The highest BCUT2D eigenvalue weighted by Gasteiger charge is 2.27. The zero-order valence-electron chi connectivity index (χ0n) is 9.47. The molecule has 0 amide bonds. The first-order valence-electron chi connectivity index (χ1n) is 5.84. The van der Waals surface area contributed by atoms with Crippen LogP contribution in [-0.2, 0) is 6.42 Å². The summed E-state index contributed by atoms with van der Waals surface area (Å²) in [4.78, 5) is 0. The van der Waals surface area contributed by atoms with Crippen LogP contribution in [-0.4, -0.2) is 12.6 Å². The molecule has 1 aliphatic rings. The molecule has 0 heterocycles. The molecule has 88 valence electrons. The SMILES string of the molecule is CC(NCCc1ccc(F)cc1Cl)C1CC1. The second-order valence-corrected chi connectivity index (χ2v) is 4.97. The summed E-state index contributed by atoms with van der Waals surface area (Å²) >= 11 is 5.95. The van der Waals surface area contributed by atoms with E-state index in [1.54, 1.807) is 6.07 Å². The van der Waals surface area contributed by atoms with Crippen LogP contribution in [0, 0.1) is 11.7 Å². The van der Waals surface area contributed by atoms with Crippen molar-refractivity contribution in [3.8, 4) is 0 Å². The molecule has 1 saturated carbocycles. The van der Waals surface area contributed by atoms with Gasteiger partial charge in [0.25, 0.3) is 0 Å². The molecule has 0 saturated heterocycles. The zero-order valence-corrected chi connectivity index (χ0v) is 10.2. The number of hydrogen-bond donors (Lipinski definition) is 1. The van der Waals surface area contributed by atoms with Gasteiger partial charge in [0.15, 0.2) is 0 Å². The smallest absolute Gasteiger partial charge is 0.124 e. The highest BCUT2D eigenvalue weighted by molar-refractivity contribution is 6.31. The monoisotopic (exact) mass is 241 g/mol. The van der Waals surface area contributed by atoms with Gasteiger partial charge in [-0.2, -0.15) is 0 Å². The molecule has 0 aliphatic heterocycles. The summed E-state index contributed by atoms with van der Waals surface area (Å²) in [6.45, 7) is 3.13.